The highest BCUT2D eigenvalue weighted by Crippen LogP contribution is 2.42. The van der Waals surface area contributed by atoms with Gasteiger partial charge in [0.2, 0.25) is 0 Å². The molecule has 0 saturated heterocycles. The zero-order chi connectivity index (χ0) is 15.6. The lowest BCUT2D eigenvalue weighted by Gasteiger charge is -2.37. The van der Waals surface area contributed by atoms with Crippen molar-refractivity contribution in [3.8, 4) is 0 Å². The Morgan fingerprint density at radius 3 is 2.77 bits per heavy atom. The van der Waals surface area contributed by atoms with E-state index in [-0.39, 0.29) is 24.1 Å². The summed E-state index contributed by atoms with van der Waals surface area (Å²) in [5, 5.41) is 13.2. The van der Waals surface area contributed by atoms with Gasteiger partial charge in [0.1, 0.15) is 5.76 Å². The fourth-order valence-corrected chi connectivity index (χ4v) is 3.53. The van der Waals surface area contributed by atoms with Gasteiger partial charge in [-0.05, 0) is 29.9 Å². The fraction of sp³-hybridized carbons (Fsp3) is 0.474. The van der Waals surface area contributed by atoms with E-state index in [2.05, 4.69) is 49.5 Å². The van der Waals surface area contributed by atoms with E-state index in [9.17, 15) is 5.11 Å². The van der Waals surface area contributed by atoms with E-state index < -0.39 is 0 Å². The van der Waals surface area contributed by atoms with Crippen LogP contribution in [0.1, 0.15) is 55.7 Å². The number of aliphatic hydroxyl groups excluding tert-OH is 1. The molecule has 2 atom stereocenters. The van der Waals surface area contributed by atoms with Gasteiger partial charge in [-0.3, -0.25) is 0 Å². The van der Waals surface area contributed by atoms with E-state index >= 15 is 0 Å². The van der Waals surface area contributed by atoms with E-state index in [0.717, 1.165) is 18.6 Å². The van der Waals surface area contributed by atoms with Crippen molar-refractivity contribution in [2.45, 2.75) is 45.2 Å². The topological polar surface area (TPSA) is 45.4 Å². The maximum Gasteiger partial charge on any atom is 0.109 e. The van der Waals surface area contributed by atoms with E-state index in [0.29, 0.717) is 6.42 Å². The first-order valence-electron chi connectivity index (χ1n) is 8.07. The number of nitrogens with one attached hydrogen (secondary N) is 1. The number of rotatable bonds is 5. The van der Waals surface area contributed by atoms with Crippen LogP contribution >= 0.6 is 0 Å². The molecule has 0 radical (unpaired) electrons. The Morgan fingerprint density at radius 2 is 2.05 bits per heavy atom. The first-order valence-corrected chi connectivity index (χ1v) is 8.07. The lowest BCUT2D eigenvalue weighted by molar-refractivity contribution is 0.210. The smallest absolute Gasteiger partial charge is 0.109 e. The summed E-state index contributed by atoms with van der Waals surface area (Å²) >= 11 is 0. The third kappa shape index (κ3) is 3.26. The molecule has 3 rings (SSSR count). The molecule has 118 valence electrons. The molecule has 1 aliphatic rings. The van der Waals surface area contributed by atoms with Gasteiger partial charge in [-0.25, -0.2) is 0 Å². The molecule has 2 aromatic rings. The van der Waals surface area contributed by atoms with Crippen LogP contribution in [0.5, 0.6) is 0 Å². The van der Waals surface area contributed by atoms with Gasteiger partial charge in [-0.1, -0.05) is 44.2 Å². The molecule has 3 heteroatoms. The summed E-state index contributed by atoms with van der Waals surface area (Å²) in [6.07, 6.45) is 4.58. The highest BCUT2D eigenvalue weighted by atomic mass is 16.3. The molecule has 1 aromatic carbocycles. The quantitative estimate of drug-likeness (QED) is 0.877. The van der Waals surface area contributed by atoms with Crippen LogP contribution in [0.3, 0.4) is 0 Å². The second-order valence-corrected chi connectivity index (χ2v) is 7.04. The van der Waals surface area contributed by atoms with Gasteiger partial charge >= 0.3 is 0 Å². The van der Waals surface area contributed by atoms with Gasteiger partial charge in [0.25, 0.3) is 0 Å². The van der Waals surface area contributed by atoms with Gasteiger partial charge in [-0.2, -0.15) is 0 Å². The average molecular weight is 299 g/mol. The zero-order valence-corrected chi connectivity index (χ0v) is 13.4. The first-order chi connectivity index (χ1) is 10.6. The third-order valence-corrected chi connectivity index (χ3v) is 4.57. The summed E-state index contributed by atoms with van der Waals surface area (Å²) in [6, 6.07) is 12.9. The van der Waals surface area contributed by atoms with Crippen molar-refractivity contribution in [3.05, 3.63) is 59.5 Å². The van der Waals surface area contributed by atoms with Crippen molar-refractivity contribution in [1.82, 2.24) is 5.32 Å². The highest BCUT2D eigenvalue weighted by Gasteiger charge is 2.35. The second-order valence-electron chi connectivity index (χ2n) is 7.04. The second kappa shape index (κ2) is 6.27. The van der Waals surface area contributed by atoms with E-state index in [4.69, 9.17) is 4.42 Å². The Morgan fingerprint density at radius 1 is 1.27 bits per heavy atom. The molecule has 1 unspecified atom stereocenters. The van der Waals surface area contributed by atoms with E-state index in [1.165, 1.54) is 11.1 Å². The van der Waals surface area contributed by atoms with E-state index in [1.807, 2.05) is 6.07 Å². The standard InChI is InChI=1S/C19H25NO2/c1-19(2)12-17(15-9-11-22-18(15)13-19)20-16(8-10-21)14-6-4-3-5-7-14/h3-7,9,11,16-17,20-21H,8,10,12-13H2,1-2H3/t16-,17?/m1/s1. The van der Waals surface area contributed by atoms with Gasteiger partial charge in [0, 0.05) is 30.7 Å². The molecule has 1 aliphatic carbocycles. The molecule has 2 N–H and O–H groups in total. The molecule has 3 nitrogen and oxygen atoms in total. The summed E-state index contributed by atoms with van der Waals surface area (Å²) in [4.78, 5) is 0. The van der Waals surface area contributed by atoms with Crippen LogP contribution in [0.15, 0.2) is 47.1 Å². The zero-order valence-electron chi connectivity index (χ0n) is 13.4. The lowest BCUT2D eigenvalue weighted by Crippen LogP contribution is -2.35. The average Bonchev–Trinajstić information content (AvgIpc) is 2.94. The van der Waals surface area contributed by atoms with Crippen LogP contribution in [0.4, 0.5) is 0 Å². The molecule has 0 bridgehead atoms. The molecule has 1 aromatic heterocycles. The molecule has 0 saturated carbocycles. The molecule has 0 fully saturated rings. The Bertz CT molecular complexity index is 603. The molecular formula is C19H25NO2. The molecular weight excluding hydrogens is 274 g/mol. The minimum Gasteiger partial charge on any atom is -0.469 e. The summed E-state index contributed by atoms with van der Waals surface area (Å²) in [5.41, 5.74) is 2.73. The van der Waals surface area contributed by atoms with Gasteiger partial charge in [-0.15, -0.1) is 0 Å². The van der Waals surface area contributed by atoms with Crippen molar-refractivity contribution in [2.24, 2.45) is 5.41 Å². The number of benzene rings is 1. The largest absolute Gasteiger partial charge is 0.469 e. The minimum absolute atomic E-state index is 0.160. The van der Waals surface area contributed by atoms with Crippen molar-refractivity contribution in [3.63, 3.8) is 0 Å². The highest BCUT2D eigenvalue weighted by molar-refractivity contribution is 5.27. The fourth-order valence-electron chi connectivity index (χ4n) is 3.53. The van der Waals surface area contributed by atoms with Crippen molar-refractivity contribution < 1.29 is 9.52 Å². The summed E-state index contributed by atoms with van der Waals surface area (Å²) < 4.78 is 5.68. The first kappa shape index (κ1) is 15.3. The normalized spacial score (nSPS) is 21.3. The van der Waals surface area contributed by atoms with Crippen LogP contribution in [-0.4, -0.2) is 11.7 Å². The third-order valence-electron chi connectivity index (χ3n) is 4.57. The molecule has 0 aliphatic heterocycles. The molecule has 0 spiro atoms. The van der Waals surface area contributed by atoms with Gasteiger partial charge in [0.05, 0.1) is 6.26 Å². The van der Waals surface area contributed by atoms with Crippen LogP contribution in [0.25, 0.3) is 0 Å². The predicted molar refractivity (Wildman–Crippen MR) is 87.6 cm³/mol. The van der Waals surface area contributed by atoms with Crippen LogP contribution in [0, 0.1) is 5.41 Å². The van der Waals surface area contributed by atoms with E-state index in [1.54, 1.807) is 6.26 Å². The summed E-state index contributed by atoms with van der Waals surface area (Å²) in [7, 11) is 0. The molecule has 22 heavy (non-hydrogen) atoms. The Kier molecular flexibility index (Phi) is 4.37. The predicted octanol–water partition coefficient (Wildman–Crippen LogP) is 4.01. The SMILES string of the molecule is CC1(C)Cc2occc2C(N[C@H](CCO)c2ccccc2)C1. The van der Waals surface area contributed by atoms with Gasteiger partial charge < -0.3 is 14.8 Å². The minimum atomic E-state index is 0.160. The monoisotopic (exact) mass is 299 g/mol. The van der Waals surface area contributed by atoms with Crippen LogP contribution in [0.2, 0.25) is 0 Å². The van der Waals surface area contributed by atoms with Gasteiger partial charge in [0.15, 0.2) is 0 Å². The number of aliphatic hydroxyl groups is 1. The Hall–Kier alpha value is -1.58. The number of fused-ring (bicyclic) bond motifs is 1. The number of hydrogen-bond acceptors (Lipinski definition) is 3. The summed E-state index contributed by atoms with van der Waals surface area (Å²) in [5.74, 6) is 1.10. The lowest BCUT2D eigenvalue weighted by atomic mass is 9.74. The summed E-state index contributed by atoms with van der Waals surface area (Å²) in [6.45, 7) is 4.76. The van der Waals surface area contributed by atoms with Crippen LogP contribution in [-0.2, 0) is 6.42 Å². The maximum atomic E-state index is 9.43. The Balaban J connectivity index is 1.84. The molecule has 1 heterocycles. The van der Waals surface area contributed by atoms with Crippen molar-refractivity contribution >= 4 is 0 Å². The van der Waals surface area contributed by atoms with Crippen molar-refractivity contribution in [1.29, 1.82) is 0 Å². The van der Waals surface area contributed by atoms with Crippen molar-refractivity contribution in [2.75, 3.05) is 6.61 Å². The van der Waals surface area contributed by atoms with Crippen LogP contribution < -0.4 is 5.32 Å². The number of furan rings is 1. The maximum absolute atomic E-state index is 9.43. The Labute approximate surface area is 132 Å². The number of hydrogen-bond donors (Lipinski definition) is 2. The molecule has 0 amide bonds.